The van der Waals surface area contributed by atoms with Gasteiger partial charge < -0.3 is 4.90 Å². The second-order valence-electron chi connectivity index (χ2n) is 11.1. The molecule has 3 rings (SSSR count). The summed E-state index contributed by atoms with van der Waals surface area (Å²) in [6, 6.07) is 17.1. The van der Waals surface area contributed by atoms with Gasteiger partial charge in [0.15, 0.2) is 0 Å². The van der Waals surface area contributed by atoms with E-state index in [9.17, 15) is 9.59 Å². The molecule has 2 aromatic carbocycles. The van der Waals surface area contributed by atoms with Crippen LogP contribution in [0.3, 0.4) is 0 Å². The summed E-state index contributed by atoms with van der Waals surface area (Å²) in [6.45, 7) is 14.0. The molecule has 35 heavy (non-hydrogen) atoms. The lowest BCUT2D eigenvalue weighted by Crippen LogP contribution is -2.39. The maximum Gasteiger partial charge on any atom is 0.261 e. The Kier molecular flexibility index (Phi) is 8.87. The highest BCUT2D eigenvalue weighted by atomic mass is 16.2. The number of benzene rings is 2. The van der Waals surface area contributed by atoms with Gasteiger partial charge in [0.05, 0.1) is 23.5 Å². The second-order valence-corrected chi connectivity index (χ2v) is 11.1. The van der Waals surface area contributed by atoms with Gasteiger partial charge >= 0.3 is 0 Å². The first-order chi connectivity index (χ1) is 16.6. The molecule has 0 spiro atoms. The highest BCUT2D eigenvalue weighted by Crippen LogP contribution is 2.28. The molecule has 1 heterocycles. The minimum Gasteiger partial charge on any atom is -0.333 e. The Morgan fingerprint density at radius 2 is 1.69 bits per heavy atom. The number of hydrogen-bond donors (Lipinski definition) is 0. The topological polar surface area (TPSA) is 55.2 Å². The molecule has 0 aliphatic carbocycles. The lowest BCUT2D eigenvalue weighted by atomic mass is 9.84. The third-order valence-corrected chi connectivity index (χ3v) is 6.47. The largest absolute Gasteiger partial charge is 0.333 e. The van der Waals surface area contributed by atoms with Gasteiger partial charge in [-0.05, 0) is 48.8 Å². The normalized spacial score (nSPS) is 13.5. The zero-order valence-electron chi connectivity index (χ0n) is 22.3. The van der Waals surface area contributed by atoms with Crippen LogP contribution in [0.5, 0.6) is 0 Å². The van der Waals surface area contributed by atoms with Crippen LogP contribution >= 0.6 is 0 Å². The first kappa shape index (κ1) is 26.7. The number of rotatable bonds is 10. The van der Waals surface area contributed by atoms with E-state index >= 15 is 0 Å². The zero-order valence-corrected chi connectivity index (χ0v) is 22.3. The van der Waals surface area contributed by atoms with Crippen LogP contribution in [0, 0.1) is 11.3 Å². The fourth-order valence-corrected chi connectivity index (χ4v) is 4.96. The molecule has 188 valence electrons. The maximum atomic E-state index is 13.6. The Morgan fingerprint density at radius 1 is 1.03 bits per heavy atom. The number of hydrogen-bond acceptors (Lipinski definition) is 3. The smallest absolute Gasteiger partial charge is 0.261 e. The van der Waals surface area contributed by atoms with Gasteiger partial charge in [-0.3, -0.25) is 14.2 Å². The maximum absolute atomic E-state index is 13.6. The molecular weight excluding hydrogens is 434 g/mol. The first-order valence-corrected chi connectivity index (χ1v) is 12.9. The average Bonchev–Trinajstić information content (AvgIpc) is 2.80. The minimum absolute atomic E-state index is 0.0645. The summed E-state index contributed by atoms with van der Waals surface area (Å²) in [7, 11) is 0. The van der Waals surface area contributed by atoms with Crippen molar-refractivity contribution in [2.45, 2.75) is 79.8 Å². The quantitative estimate of drug-likeness (QED) is 0.332. The molecule has 0 N–H and O–H groups in total. The number of unbranched alkanes of at least 4 members (excludes halogenated alkanes) is 1. The van der Waals surface area contributed by atoms with Crippen molar-refractivity contribution >= 4 is 16.8 Å². The van der Waals surface area contributed by atoms with Crippen molar-refractivity contribution in [1.29, 1.82) is 0 Å². The van der Waals surface area contributed by atoms with Crippen molar-refractivity contribution in [3.63, 3.8) is 0 Å². The molecule has 0 aliphatic rings. The SMILES string of the molecule is CCCCN(C(=O)CC(C)CC(C)(C)C)C(C)c1nc2ccccc2c(=O)n1Cc1ccccc1. The molecule has 1 amide bonds. The van der Waals surface area contributed by atoms with Gasteiger partial charge in [-0.2, -0.15) is 0 Å². The minimum atomic E-state index is -0.308. The Hall–Kier alpha value is -2.95. The van der Waals surface area contributed by atoms with Crippen molar-refractivity contribution in [3.05, 3.63) is 76.3 Å². The van der Waals surface area contributed by atoms with Crippen molar-refractivity contribution < 1.29 is 4.79 Å². The highest BCUT2D eigenvalue weighted by Gasteiger charge is 2.28. The Bertz CT molecular complexity index is 1180. The molecule has 3 aromatic rings. The summed E-state index contributed by atoms with van der Waals surface area (Å²) in [5.74, 6) is 1.07. The molecular formula is C30H41N3O2. The molecule has 2 unspecified atom stereocenters. The van der Waals surface area contributed by atoms with Crippen molar-refractivity contribution in [3.8, 4) is 0 Å². The predicted octanol–water partition coefficient (Wildman–Crippen LogP) is 6.60. The summed E-state index contributed by atoms with van der Waals surface area (Å²) in [5.41, 5.74) is 1.82. The zero-order chi connectivity index (χ0) is 25.6. The van der Waals surface area contributed by atoms with Crippen LogP contribution in [0.25, 0.3) is 10.9 Å². The monoisotopic (exact) mass is 475 g/mol. The number of aromatic nitrogens is 2. The van der Waals surface area contributed by atoms with Gasteiger partial charge in [-0.15, -0.1) is 0 Å². The van der Waals surface area contributed by atoms with E-state index in [0.29, 0.717) is 36.2 Å². The lowest BCUT2D eigenvalue weighted by molar-refractivity contribution is -0.134. The molecule has 0 fully saturated rings. The van der Waals surface area contributed by atoms with Gasteiger partial charge in [-0.1, -0.05) is 83.5 Å². The fraction of sp³-hybridized carbons (Fsp3) is 0.500. The van der Waals surface area contributed by atoms with E-state index in [2.05, 4.69) is 34.6 Å². The van der Waals surface area contributed by atoms with Gasteiger partial charge in [0, 0.05) is 13.0 Å². The Morgan fingerprint density at radius 3 is 2.34 bits per heavy atom. The standard InChI is InChI=1S/C30H41N3O2/c1-7-8-18-32(27(34)19-22(2)20-30(4,5)6)23(3)28-31-26-17-13-12-16-25(26)29(35)33(28)21-24-14-10-9-11-15-24/h9-17,22-23H,7-8,18-21H2,1-6H3. The van der Waals surface area contributed by atoms with E-state index in [-0.39, 0.29) is 28.8 Å². The number of carbonyl (C=O) groups is 1. The van der Waals surface area contributed by atoms with Gasteiger partial charge in [0.2, 0.25) is 5.91 Å². The molecule has 0 saturated heterocycles. The van der Waals surface area contributed by atoms with Crippen LogP contribution in [0.4, 0.5) is 0 Å². The summed E-state index contributed by atoms with van der Waals surface area (Å²) in [4.78, 5) is 34.1. The summed E-state index contributed by atoms with van der Waals surface area (Å²) in [5, 5.41) is 0.601. The third kappa shape index (κ3) is 7.03. The first-order valence-electron chi connectivity index (χ1n) is 12.9. The Labute approximate surface area is 210 Å². The Balaban J connectivity index is 2.03. The van der Waals surface area contributed by atoms with Crippen molar-refractivity contribution in [2.24, 2.45) is 11.3 Å². The fourth-order valence-electron chi connectivity index (χ4n) is 4.96. The van der Waals surface area contributed by atoms with E-state index in [4.69, 9.17) is 4.98 Å². The number of para-hydroxylation sites is 1. The van der Waals surface area contributed by atoms with E-state index in [1.165, 1.54) is 0 Å². The van der Waals surface area contributed by atoms with E-state index in [1.54, 1.807) is 4.57 Å². The number of nitrogens with zero attached hydrogens (tertiary/aromatic N) is 3. The van der Waals surface area contributed by atoms with Crippen LogP contribution in [-0.2, 0) is 11.3 Å². The number of fused-ring (bicyclic) bond motifs is 1. The van der Waals surface area contributed by atoms with Crippen molar-refractivity contribution in [2.75, 3.05) is 6.54 Å². The van der Waals surface area contributed by atoms with Crippen molar-refractivity contribution in [1.82, 2.24) is 14.5 Å². The van der Waals surface area contributed by atoms with Crippen LogP contribution in [-0.4, -0.2) is 26.9 Å². The average molecular weight is 476 g/mol. The molecule has 2 atom stereocenters. The molecule has 5 heteroatoms. The third-order valence-electron chi connectivity index (χ3n) is 6.47. The van der Waals surface area contributed by atoms with Crippen LogP contribution < -0.4 is 5.56 Å². The molecule has 5 nitrogen and oxygen atoms in total. The molecule has 0 bridgehead atoms. The predicted molar refractivity (Wildman–Crippen MR) is 144 cm³/mol. The van der Waals surface area contributed by atoms with Gasteiger partial charge in [0.25, 0.3) is 5.56 Å². The van der Waals surface area contributed by atoms with Crippen LogP contribution in [0.15, 0.2) is 59.4 Å². The van der Waals surface area contributed by atoms with E-state index in [0.717, 1.165) is 24.8 Å². The van der Waals surface area contributed by atoms with Gasteiger partial charge in [0.1, 0.15) is 5.82 Å². The summed E-state index contributed by atoms with van der Waals surface area (Å²) < 4.78 is 1.76. The lowest BCUT2D eigenvalue weighted by Gasteiger charge is -2.32. The van der Waals surface area contributed by atoms with Crippen LogP contribution in [0.1, 0.15) is 84.7 Å². The van der Waals surface area contributed by atoms with Crippen LogP contribution in [0.2, 0.25) is 0 Å². The molecule has 0 saturated carbocycles. The van der Waals surface area contributed by atoms with Gasteiger partial charge in [-0.25, -0.2) is 4.98 Å². The highest BCUT2D eigenvalue weighted by molar-refractivity contribution is 5.78. The number of amides is 1. The molecule has 0 aliphatic heterocycles. The number of carbonyl (C=O) groups excluding carboxylic acids is 1. The molecule has 1 aromatic heterocycles. The van der Waals surface area contributed by atoms with E-state index < -0.39 is 0 Å². The van der Waals surface area contributed by atoms with E-state index in [1.807, 2.05) is 66.4 Å². The summed E-state index contributed by atoms with van der Waals surface area (Å²) >= 11 is 0. The second kappa shape index (κ2) is 11.7. The summed E-state index contributed by atoms with van der Waals surface area (Å²) in [6.07, 6.45) is 3.40. The molecule has 0 radical (unpaired) electrons.